The number of carbonyl (C=O) groups excluding carboxylic acids is 1. The molecule has 1 heterocycles. The van der Waals surface area contributed by atoms with Gasteiger partial charge in [0.1, 0.15) is 17.4 Å². The SMILES string of the molecule is COc1ccc(-n2c(C)nnc2SCC(=O)Nc2ccc(F)c(Cl)c2)cc1. The van der Waals surface area contributed by atoms with Gasteiger partial charge in [0, 0.05) is 11.4 Å². The van der Waals surface area contributed by atoms with Gasteiger partial charge >= 0.3 is 0 Å². The lowest BCUT2D eigenvalue weighted by atomic mass is 10.3. The topological polar surface area (TPSA) is 69.0 Å². The van der Waals surface area contributed by atoms with Crippen LogP contribution in [0.5, 0.6) is 5.75 Å². The number of nitrogens with zero attached hydrogens (tertiary/aromatic N) is 3. The fourth-order valence-corrected chi connectivity index (χ4v) is 3.34. The average molecular weight is 407 g/mol. The fraction of sp³-hybridized carbons (Fsp3) is 0.167. The molecule has 3 rings (SSSR count). The van der Waals surface area contributed by atoms with Crippen molar-refractivity contribution in [1.29, 1.82) is 0 Å². The maximum absolute atomic E-state index is 13.2. The minimum absolute atomic E-state index is 0.0460. The monoisotopic (exact) mass is 406 g/mol. The quantitative estimate of drug-likeness (QED) is 0.624. The van der Waals surface area contributed by atoms with Gasteiger partial charge in [0.2, 0.25) is 5.91 Å². The zero-order valence-corrected chi connectivity index (χ0v) is 16.1. The zero-order valence-electron chi connectivity index (χ0n) is 14.6. The van der Waals surface area contributed by atoms with Crippen molar-refractivity contribution in [1.82, 2.24) is 14.8 Å². The summed E-state index contributed by atoms with van der Waals surface area (Å²) in [5, 5.41) is 11.4. The number of anilines is 1. The molecule has 0 spiro atoms. The van der Waals surface area contributed by atoms with Gasteiger partial charge in [0.15, 0.2) is 5.16 Å². The number of amides is 1. The Morgan fingerprint density at radius 3 is 2.67 bits per heavy atom. The van der Waals surface area contributed by atoms with Crippen molar-refractivity contribution >= 4 is 35.0 Å². The summed E-state index contributed by atoms with van der Waals surface area (Å²) >= 11 is 6.97. The Hall–Kier alpha value is -2.58. The van der Waals surface area contributed by atoms with Gasteiger partial charge in [0.25, 0.3) is 0 Å². The Labute approximate surface area is 164 Å². The lowest BCUT2D eigenvalue weighted by Crippen LogP contribution is -2.14. The van der Waals surface area contributed by atoms with Crippen molar-refractivity contribution in [3.8, 4) is 11.4 Å². The molecule has 0 unspecified atom stereocenters. The van der Waals surface area contributed by atoms with E-state index in [1.807, 2.05) is 35.8 Å². The minimum Gasteiger partial charge on any atom is -0.497 e. The molecule has 0 saturated heterocycles. The first-order valence-electron chi connectivity index (χ1n) is 7.92. The Bertz CT molecular complexity index is 962. The largest absolute Gasteiger partial charge is 0.497 e. The lowest BCUT2D eigenvalue weighted by molar-refractivity contribution is -0.113. The van der Waals surface area contributed by atoms with Crippen LogP contribution in [0.1, 0.15) is 5.82 Å². The van der Waals surface area contributed by atoms with E-state index >= 15 is 0 Å². The highest BCUT2D eigenvalue weighted by Gasteiger charge is 2.14. The van der Waals surface area contributed by atoms with Crippen LogP contribution in [0.3, 0.4) is 0 Å². The van der Waals surface area contributed by atoms with Crippen molar-refractivity contribution in [2.45, 2.75) is 12.1 Å². The van der Waals surface area contributed by atoms with Crippen LogP contribution in [0.15, 0.2) is 47.6 Å². The van der Waals surface area contributed by atoms with Crippen LogP contribution in [0.2, 0.25) is 5.02 Å². The second-order valence-corrected chi connectivity index (χ2v) is 6.88. The number of ether oxygens (including phenoxy) is 1. The van der Waals surface area contributed by atoms with Crippen molar-refractivity contribution in [3.63, 3.8) is 0 Å². The molecule has 140 valence electrons. The predicted molar refractivity (Wildman–Crippen MR) is 103 cm³/mol. The molecule has 6 nitrogen and oxygen atoms in total. The fourth-order valence-electron chi connectivity index (χ4n) is 2.37. The third-order valence-electron chi connectivity index (χ3n) is 3.66. The second-order valence-electron chi connectivity index (χ2n) is 5.53. The molecule has 0 radical (unpaired) electrons. The molecule has 0 saturated carbocycles. The summed E-state index contributed by atoms with van der Waals surface area (Å²) in [6.07, 6.45) is 0. The van der Waals surface area contributed by atoms with Crippen LogP contribution in [-0.2, 0) is 4.79 Å². The number of hydrogen-bond donors (Lipinski definition) is 1. The number of benzene rings is 2. The lowest BCUT2D eigenvalue weighted by Gasteiger charge is -2.09. The van der Waals surface area contributed by atoms with E-state index in [9.17, 15) is 9.18 Å². The van der Waals surface area contributed by atoms with Gasteiger partial charge in [0.05, 0.1) is 17.9 Å². The first-order valence-corrected chi connectivity index (χ1v) is 9.28. The molecule has 0 aliphatic carbocycles. The third kappa shape index (κ3) is 4.58. The summed E-state index contributed by atoms with van der Waals surface area (Å²) < 4.78 is 20.2. The number of thioether (sulfide) groups is 1. The molecule has 0 fully saturated rings. The molecule has 1 aromatic heterocycles. The number of halogens is 2. The molecular weight excluding hydrogens is 391 g/mol. The second kappa shape index (κ2) is 8.41. The molecule has 0 aliphatic rings. The van der Waals surface area contributed by atoms with Crippen molar-refractivity contribution in [2.24, 2.45) is 0 Å². The highest BCUT2D eigenvalue weighted by molar-refractivity contribution is 7.99. The number of aryl methyl sites for hydroxylation is 1. The highest BCUT2D eigenvalue weighted by Crippen LogP contribution is 2.24. The summed E-state index contributed by atoms with van der Waals surface area (Å²) in [4.78, 5) is 12.2. The molecule has 0 bridgehead atoms. The number of rotatable bonds is 6. The molecule has 3 aromatic rings. The molecule has 0 atom stereocenters. The molecule has 9 heteroatoms. The maximum Gasteiger partial charge on any atom is 0.234 e. The molecular formula is C18H16ClFN4O2S. The number of hydrogen-bond acceptors (Lipinski definition) is 5. The number of methoxy groups -OCH3 is 1. The standard InChI is InChI=1S/C18H16ClFN4O2S/c1-11-22-23-18(24(11)13-4-6-14(26-2)7-5-13)27-10-17(25)21-12-3-8-16(20)15(19)9-12/h3-9H,10H2,1-2H3,(H,21,25). The van der Waals surface area contributed by atoms with E-state index in [0.29, 0.717) is 16.7 Å². The van der Waals surface area contributed by atoms with Gasteiger partial charge in [-0.1, -0.05) is 23.4 Å². The van der Waals surface area contributed by atoms with Gasteiger partial charge in [-0.2, -0.15) is 0 Å². The molecule has 1 N–H and O–H groups in total. The van der Waals surface area contributed by atoms with E-state index in [1.54, 1.807) is 7.11 Å². The molecule has 27 heavy (non-hydrogen) atoms. The van der Waals surface area contributed by atoms with Gasteiger partial charge in [-0.05, 0) is 49.4 Å². The van der Waals surface area contributed by atoms with Crippen molar-refractivity contribution < 1.29 is 13.9 Å². The zero-order chi connectivity index (χ0) is 19.4. The van der Waals surface area contributed by atoms with E-state index in [0.717, 1.165) is 11.4 Å². The Morgan fingerprint density at radius 2 is 2.00 bits per heavy atom. The predicted octanol–water partition coefficient (Wildman–Crippen LogP) is 4.11. The molecule has 2 aromatic carbocycles. The van der Waals surface area contributed by atoms with Crippen molar-refractivity contribution in [2.75, 3.05) is 18.2 Å². The van der Waals surface area contributed by atoms with E-state index in [4.69, 9.17) is 16.3 Å². The maximum atomic E-state index is 13.2. The van der Waals surface area contributed by atoms with Crippen LogP contribution in [0, 0.1) is 12.7 Å². The van der Waals surface area contributed by atoms with Gasteiger partial charge in [-0.25, -0.2) is 4.39 Å². The van der Waals surface area contributed by atoms with Gasteiger partial charge < -0.3 is 10.1 Å². The summed E-state index contributed by atoms with van der Waals surface area (Å²) in [6, 6.07) is 11.5. The van der Waals surface area contributed by atoms with Crippen LogP contribution < -0.4 is 10.1 Å². The number of nitrogens with one attached hydrogen (secondary N) is 1. The molecule has 1 amide bonds. The first-order chi connectivity index (χ1) is 13.0. The van der Waals surface area contributed by atoms with Gasteiger partial charge in [-0.15, -0.1) is 10.2 Å². The molecule has 0 aliphatic heterocycles. The smallest absolute Gasteiger partial charge is 0.234 e. The average Bonchev–Trinajstić information content (AvgIpc) is 3.03. The minimum atomic E-state index is -0.535. The van der Waals surface area contributed by atoms with Crippen LogP contribution >= 0.6 is 23.4 Å². The first kappa shape index (κ1) is 19.2. The number of aromatic nitrogens is 3. The van der Waals surface area contributed by atoms with Crippen molar-refractivity contribution in [3.05, 3.63) is 59.1 Å². The normalized spacial score (nSPS) is 10.7. The van der Waals surface area contributed by atoms with E-state index in [-0.39, 0.29) is 16.7 Å². The number of carbonyl (C=O) groups is 1. The third-order valence-corrected chi connectivity index (χ3v) is 4.88. The highest BCUT2D eigenvalue weighted by atomic mass is 35.5. The Kier molecular flexibility index (Phi) is 5.98. The summed E-state index contributed by atoms with van der Waals surface area (Å²) in [6.45, 7) is 1.84. The summed E-state index contributed by atoms with van der Waals surface area (Å²) in [7, 11) is 1.60. The van der Waals surface area contributed by atoms with Crippen LogP contribution in [0.25, 0.3) is 5.69 Å². The van der Waals surface area contributed by atoms with Crippen LogP contribution in [0.4, 0.5) is 10.1 Å². The Balaban J connectivity index is 1.69. The summed E-state index contributed by atoms with van der Waals surface area (Å²) in [5.74, 6) is 0.768. The van der Waals surface area contributed by atoms with Gasteiger partial charge in [-0.3, -0.25) is 9.36 Å². The van der Waals surface area contributed by atoms with E-state index in [2.05, 4.69) is 15.5 Å². The van der Waals surface area contributed by atoms with E-state index < -0.39 is 5.82 Å². The Morgan fingerprint density at radius 1 is 1.26 bits per heavy atom. The van der Waals surface area contributed by atoms with E-state index in [1.165, 1.54) is 30.0 Å². The van der Waals surface area contributed by atoms with Crippen LogP contribution in [-0.4, -0.2) is 33.5 Å². The summed E-state index contributed by atoms with van der Waals surface area (Å²) in [5.41, 5.74) is 1.30.